The van der Waals surface area contributed by atoms with Crippen LogP contribution in [-0.2, 0) is 10.0 Å². The first-order valence-corrected chi connectivity index (χ1v) is 11.3. The van der Waals surface area contributed by atoms with Crippen molar-refractivity contribution in [1.82, 2.24) is 0 Å². The summed E-state index contributed by atoms with van der Waals surface area (Å²) in [5.74, 6) is 1.05. The van der Waals surface area contributed by atoms with E-state index >= 15 is 0 Å². The quantitative estimate of drug-likeness (QED) is 0.468. The number of anilines is 1. The maximum absolute atomic E-state index is 14.3. The normalized spacial score (nSPS) is 12.2. The second kappa shape index (κ2) is 9.48. The van der Waals surface area contributed by atoms with Crippen molar-refractivity contribution >= 4 is 15.7 Å². The van der Waals surface area contributed by atoms with E-state index in [1.165, 1.54) is 37.8 Å². The van der Waals surface area contributed by atoms with E-state index < -0.39 is 21.9 Å². The average molecular weight is 460 g/mol. The molecule has 0 unspecified atom stereocenters. The highest BCUT2D eigenvalue weighted by Crippen LogP contribution is 2.39. The number of halogens is 1. The van der Waals surface area contributed by atoms with Gasteiger partial charge in [0, 0.05) is 5.56 Å². The summed E-state index contributed by atoms with van der Waals surface area (Å²) in [7, 11) is 0.426. The molecule has 0 amide bonds. The SMILES string of the molecule is COc1ccc(N([C@@H](C)c2cc(OC)ccc2OC)S(=O)(=O)c2ccc(C)c(F)c2)cc1. The minimum atomic E-state index is -4.15. The van der Waals surface area contributed by atoms with Gasteiger partial charge in [-0.2, -0.15) is 0 Å². The van der Waals surface area contributed by atoms with Gasteiger partial charge in [0.2, 0.25) is 0 Å². The smallest absolute Gasteiger partial charge is 0.264 e. The molecule has 0 N–H and O–H groups in total. The van der Waals surface area contributed by atoms with Crippen molar-refractivity contribution in [3.05, 3.63) is 77.6 Å². The fourth-order valence-corrected chi connectivity index (χ4v) is 5.09. The van der Waals surface area contributed by atoms with Crippen molar-refractivity contribution in [3.8, 4) is 17.2 Å². The van der Waals surface area contributed by atoms with E-state index in [1.807, 2.05) is 0 Å². The predicted molar refractivity (Wildman–Crippen MR) is 122 cm³/mol. The average Bonchev–Trinajstić information content (AvgIpc) is 2.80. The molecular weight excluding hydrogens is 433 g/mol. The molecule has 0 saturated heterocycles. The predicted octanol–water partition coefficient (Wildman–Crippen LogP) is 5.12. The van der Waals surface area contributed by atoms with Crippen molar-refractivity contribution < 1.29 is 27.0 Å². The van der Waals surface area contributed by atoms with Crippen LogP contribution in [0.1, 0.15) is 24.1 Å². The van der Waals surface area contributed by atoms with Crippen LogP contribution in [0.4, 0.5) is 10.1 Å². The molecule has 3 aromatic rings. The molecule has 32 heavy (non-hydrogen) atoms. The number of methoxy groups -OCH3 is 3. The van der Waals surface area contributed by atoms with Crippen LogP contribution in [0.15, 0.2) is 65.6 Å². The summed E-state index contributed by atoms with van der Waals surface area (Å²) in [5, 5.41) is 0. The third kappa shape index (κ3) is 4.50. The lowest BCUT2D eigenvalue weighted by atomic mass is 10.1. The first-order valence-electron chi connectivity index (χ1n) is 9.89. The molecule has 0 radical (unpaired) electrons. The topological polar surface area (TPSA) is 65.1 Å². The van der Waals surface area contributed by atoms with Gasteiger partial charge in [0.15, 0.2) is 0 Å². The molecule has 0 aliphatic rings. The van der Waals surface area contributed by atoms with Crippen LogP contribution in [0.2, 0.25) is 0 Å². The van der Waals surface area contributed by atoms with Crippen LogP contribution < -0.4 is 18.5 Å². The largest absolute Gasteiger partial charge is 0.497 e. The van der Waals surface area contributed by atoms with E-state index in [2.05, 4.69) is 0 Å². The third-order valence-electron chi connectivity index (χ3n) is 5.27. The number of ether oxygens (including phenoxy) is 3. The Hall–Kier alpha value is -3.26. The molecule has 3 aromatic carbocycles. The number of aryl methyl sites for hydroxylation is 1. The molecular formula is C24H26FNO5S. The molecule has 8 heteroatoms. The molecule has 0 bridgehead atoms. The first kappa shape index (κ1) is 23.4. The summed E-state index contributed by atoms with van der Waals surface area (Å²) in [4.78, 5) is -0.148. The van der Waals surface area contributed by atoms with Gasteiger partial charge in [-0.3, -0.25) is 4.31 Å². The van der Waals surface area contributed by atoms with E-state index in [9.17, 15) is 12.8 Å². The lowest BCUT2D eigenvalue weighted by molar-refractivity contribution is 0.396. The summed E-state index contributed by atoms with van der Waals surface area (Å²) < 4.78 is 59.1. The van der Waals surface area contributed by atoms with Gasteiger partial charge in [-0.25, -0.2) is 12.8 Å². The highest BCUT2D eigenvalue weighted by atomic mass is 32.2. The zero-order valence-electron chi connectivity index (χ0n) is 18.6. The Morgan fingerprint density at radius 2 is 1.47 bits per heavy atom. The number of sulfonamides is 1. The van der Waals surface area contributed by atoms with Crippen molar-refractivity contribution in [2.24, 2.45) is 0 Å². The molecule has 0 spiro atoms. The molecule has 0 heterocycles. The minimum absolute atomic E-state index is 0.148. The molecule has 0 aromatic heterocycles. The molecule has 0 fully saturated rings. The van der Waals surface area contributed by atoms with E-state index in [4.69, 9.17) is 14.2 Å². The number of benzene rings is 3. The van der Waals surface area contributed by atoms with Crippen LogP contribution in [-0.4, -0.2) is 29.7 Å². The molecule has 3 rings (SSSR count). The summed E-state index contributed by atoms with van der Waals surface area (Å²) >= 11 is 0. The standard InChI is InChI=1S/C24H26FNO5S/c1-16-6-12-21(15-23(16)25)32(27,28)26(18-7-9-19(29-3)10-8-18)17(2)22-14-20(30-4)11-13-24(22)31-5/h6-15,17H,1-5H3/t17-/m0/s1. The number of hydrogen-bond donors (Lipinski definition) is 0. The van der Waals surface area contributed by atoms with Crippen LogP contribution in [0.3, 0.4) is 0 Å². The summed E-state index contributed by atoms with van der Waals surface area (Å²) in [6.45, 7) is 3.32. The summed E-state index contributed by atoms with van der Waals surface area (Å²) in [5.41, 5.74) is 1.35. The van der Waals surface area contributed by atoms with Gasteiger partial charge in [-0.1, -0.05) is 6.07 Å². The fourth-order valence-electron chi connectivity index (χ4n) is 3.44. The van der Waals surface area contributed by atoms with Crippen molar-refractivity contribution in [1.29, 1.82) is 0 Å². The maximum atomic E-state index is 14.3. The van der Waals surface area contributed by atoms with Gasteiger partial charge < -0.3 is 14.2 Å². The monoisotopic (exact) mass is 459 g/mol. The second-order valence-electron chi connectivity index (χ2n) is 7.19. The second-order valence-corrected chi connectivity index (χ2v) is 9.01. The van der Waals surface area contributed by atoms with Crippen LogP contribution in [0.5, 0.6) is 17.2 Å². The summed E-state index contributed by atoms with van der Waals surface area (Å²) in [6.07, 6.45) is 0. The Labute approximate surface area is 188 Å². The molecule has 1 atom stereocenters. The Kier molecular flexibility index (Phi) is 6.93. The van der Waals surface area contributed by atoms with Crippen LogP contribution in [0, 0.1) is 12.7 Å². The molecule has 0 aliphatic heterocycles. The highest BCUT2D eigenvalue weighted by molar-refractivity contribution is 7.92. The van der Waals surface area contributed by atoms with Gasteiger partial charge in [0.25, 0.3) is 10.0 Å². The Balaban J connectivity index is 2.22. The van der Waals surface area contributed by atoms with Gasteiger partial charge >= 0.3 is 0 Å². The lowest BCUT2D eigenvalue weighted by Crippen LogP contribution is -2.34. The van der Waals surface area contributed by atoms with Crippen molar-refractivity contribution in [2.75, 3.05) is 25.6 Å². The number of nitrogens with zero attached hydrogens (tertiary/aromatic N) is 1. The van der Waals surface area contributed by atoms with Crippen molar-refractivity contribution in [2.45, 2.75) is 24.8 Å². The van der Waals surface area contributed by atoms with Gasteiger partial charge in [-0.15, -0.1) is 0 Å². The highest BCUT2D eigenvalue weighted by Gasteiger charge is 2.32. The van der Waals surface area contributed by atoms with E-state index in [0.29, 0.717) is 34.1 Å². The Bertz CT molecular complexity index is 1200. The van der Waals surface area contributed by atoms with E-state index in [0.717, 1.165) is 6.07 Å². The third-order valence-corrected chi connectivity index (χ3v) is 7.16. The fraction of sp³-hybridized carbons (Fsp3) is 0.250. The molecule has 6 nitrogen and oxygen atoms in total. The lowest BCUT2D eigenvalue weighted by Gasteiger charge is -2.32. The molecule has 0 saturated carbocycles. The van der Waals surface area contributed by atoms with Gasteiger partial charge in [-0.05, 0) is 74.0 Å². The van der Waals surface area contributed by atoms with Gasteiger partial charge in [0.1, 0.15) is 23.1 Å². The zero-order valence-corrected chi connectivity index (χ0v) is 19.4. The first-order chi connectivity index (χ1) is 15.2. The van der Waals surface area contributed by atoms with E-state index in [-0.39, 0.29) is 4.90 Å². The Morgan fingerprint density at radius 1 is 0.844 bits per heavy atom. The number of rotatable bonds is 8. The number of hydrogen-bond acceptors (Lipinski definition) is 5. The minimum Gasteiger partial charge on any atom is -0.497 e. The zero-order chi connectivity index (χ0) is 23.5. The maximum Gasteiger partial charge on any atom is 0.264 e. The summed E-state index contributed by atoms with van der Waals surface area (Å²) in [6, 6.07) is 15.0. The van der Waals surface area contributed by atoms with Gasteiger partial charge in [0.05, 0.1) is 38.0 Å². The van der Waals surface area contributed by atoms with Crippen LogP contribution in [0.25, 0.3) is 0 Å². The Morgan fingerprint density at radius 3 is 2.03 bits per heavy atom. The van der Waals surface area contributed by atoms with Crippen molar-refractivity contribution in [3.63, 3.8) is 0 Å². The molecule has 170 valence electrons. The van der Waals surface area contributed by atoms with Crippen LogP contribution >= 0.6 is 0 Å². The van der Waals surface area contributed by atoms with E-state index in [1.54, 1.807) is 56.3 Å². The molecule has 0 aliphatic carbocycles.